The van der Waals surface area contributed by atoms with Gasteiger partial charge in [0.05, 0.1) is 11.1 Å². The third-order valence-electron chi connectivity index (χ3n) is 3.00. The molecule has 19 heavy (non-hydrogen) atoms. The van der Waals surface area contributed by atoms with E-state index in [0.717, 1.165) is 17.2 Å². The highest BCUT2D eigenvalue weighted by atomic mass is 16.2. The van der Waals surface area contributed by atoms with Crippen LogP contribution in [0.5, 0.6) is 0 Å². The molecule has 0 spiro atoms. The van der Waals surface area contributed by atoms with Crippen LogP contribution in [0.2, 0.25) is 0 Å². The van der Waals surface area contributed by atoms with Crippen molar-refractivity contribution in [2.45, 2.75) is 0 Å². The maximum Gasteiger partial charge on any atom is 0.263 e. The van der Waals surface area contributed by atoms with E-state index in [-0.39, 0.29) is 5.91 Å². The van der Waals surface area contributed by atoms with Crippen LogP contribution in [-0.4, -0.2) is 21.7 Å². The lowest BCUT2D eigenvalue weighted by Crippen LogP contribution is -2.10. The molecule has 0 unspecified atom stereocenters. The van der Waals surface area contributed by atoms with E-state index in [1.165, 1.54) is 10.8 Å². The monoisotopic (exact) mass is 250 g/mol. The van der Waals surface area contributed by atoms with Gasteiger partial charge in [-0.3, -0.25) is 19.1 Å². The average molecular weight is 250 g/mol. The van der Waals surface area contributed by atoms with Crippen LogP contribution in [0.4, 0.5) is 0 Å². The highest BCUT2D eigenvalue weighted by Gasteiger charge is 2.14. The van der Waals surface area contributed by atoms with E-state index in [0.29, 0.717) is 11.1 Å². The van der Waals surface area contributed by atoms with Crippen LogP contribution >= 0.6 is 0 Å². The lowest BCUT2D eigenvalue weighted by atomic mass is 10.2. The molecule has 92 valence electrons. The van der Waals surface area contributed by atoms with Crippen LogP contribution in [0, 0.1) is 0 Å². The zero-order chi connectivity index (χ0) is 13.2. The molecule has 0 aliphatic rings. The molecular weight excluding hydrogens is 240 g/mol. The number of nitrogens with zero attached hydrogens (tertiary/aromatic N) is 2. The summed E-state index contributed by atoms with van der Waals surface area (Å²) >= 11 is 0. The van der Waals surface area contributed by atoms with E-state index in [2.05, 4.69) is 4.98 Å². The van der Waals surface area contributed by atoms with Gasteiger partial charge >= 0.3 is 0 Å². The van der Waals surface area contributed by atoms with Gasteiger partial charge in [-0.1, -0.05) is 18.2 Å². The summed E-state index contributed by atoms with van der Waals surface area (Å²) < 4.78 is 1.48. The molecule has 2 aromatic heterocycles. The fourth-order valence-electron chi connectivity index (χ4n) is 2.10. The Bertz CT molecular complexity index is 760. The normalized spacial score (nSPS) is 10.5. The number of pyridine rings is 1. The number of carbonyl (C=O) groups excluding carboxylic acids is 2. The molecule has 0 amide bonds. The fraction of sp³-hybridized carbons (Fsp3) is 0. The molecule has 0 fully saturated rings. The first-order valence-electron chi connectivity index (χ1n) is 5.81. The third-order valence-corrected chi connectivity index (χ3v) is 3.00. The molecule has 0 bridgehead atoms. The van der Waals surface area contributed by atoms with E-state index in [1.54, 1.807) is 24.5 Å². The Kier molecular flexibility index (Phi) is 2.68. The zero-order valence-electron chi connectivity index (χ0n) is 9.98. The minimum atomic E-state index is -0.197. The molecule has 2 heterocycles. The minimum absolute atomic E-state index is 0.197. The van der Waals surface area contributed by atoms with Crippen LogP contribution in [0.25, 0.3) is 10.9 Å². The summed E-state index contributed by atoms with van der Waals surface area (Å²) in [4.78, 5) is 27.4. The SMILES string of the molecule is O=Cc1cn(C(=O)c2cccnc2)c2ccccc12. The van der Waals surface area contributed by atoms with Gasteiger partial charge in [0.15, 0.2) is 6.29 Å². The number of para-hydroxylation sites is 1. The van der Waals surface area contributed by atoms with Crippen LogP contribution in [0.3, 0.4) is 0 Å². The molecule has 4 nitrogen and oxygen atoms in total. The highest BCUT2D eigenvalue weighted by Crippen LogP contribution is 2.20. The van der Waals surface area contributed by atoms with Crippen molar-refractivity contribution in [1.29, 1.82) is 0 Å². The summed E-state index contributed by atoms with van der Waals surface area (Å²) in [7, 11) is 0. The van der Waals surface area contributed by atoms with E-state index in [4.69, 9.17) is 0 Å². The van der Waals surface area contributed by atoms with E-state index >= 15 is 0 Å². The number of hydrogen-bond acceptors (Lipinski definition) is 3. The maximum atomic E-state index is 12.4. The number of benzene rings is 1. The zero-order valence-corrected chi connectivity index (χ0v) is 9.98. The standard InChI is InChI=1S/C15H10N2O2/c18-10-12-9-17(14-6-2-1-5-13(12)14)15(19)11-4-3-7-16-8-11/h1-10H. The van der Waals surface area contributed by atoms with Crippen LogP contribution < -0.4 is 0 Å². The summed E-state index contributed by atoms with van der Waals surface area (Å²) in [5.74, 6) is -0.197. The third kappa shape index (κ3) is 1.83. The Labute approximate surface area is 109 Å². The Morgan fingerprint density at radius 3 is 2.74 bits per heavy atom. The summed E-state index contributed by atoms with van der Waals surface area (Å²) in [6.07, 6.45) is 5.45. The molecular formula is C15H10N2O2. The van der Waals surface area contributed by atoms with Crippen molar-refractivity contribution < 1.29 is 9.59 Å². The molecule has 0 saturated heterocycles. The lowest BCUT2D eigenvalue weighted by molar-refractivity contribution is 0.0964. The Morgan fingerprint density at radius 2 is 2.00 bits per heavy atom. The number of aldehydes is 1. The van der Waals surface area contributed by atoms with Crippen molar-refractivity contribution in [3.8, 4) is 0 Å². The van der Waals surface area contributed by atoms with Crippen LogP contribution in [0.15, 0.2) is 55.0 Å². The fourth-order valence-corrected chi connectivity index (χ4v) is 2.10. The number of carbonyl (C=O) groups is 2. The van der Waals surface area contributed by atoms with Gasteiger partial charge in [0.25, 0.3) is 5.91 Å². The van der Waals surface area contributed by atoms with Gasteiger partial charge in [-0.2, -0.15) is 0 Å². The maximum absolute atomic E-state index is 12.4. The van der Waals surface area contributed by atoms with Crippen molar-refractivity contribution in [3.63, 3.8) is 0 Å². The number of hydrogen-bond donors (Lipinski definition) is 0. The lowest BCUT2D eigenvalue weighted by Gasteiger charge is -2.03. The molecule has 0 aliphatic carbocycles. The Hall–Kier alpha value is -2.75. The highest BCUT2D eigenvalue weighted by molar-refractivity contribution is 6.06. The number of aromatic nitrogens is 2. The number of rotatable bonds is 2. The van der Waals surface area contributed by atoms with Gasteiger partial charge in [0.2, 0.25) is 0 Å². The summed E-state index contributed by atoms with van der Waals surface area (Å²) in [6.45, 7) is 0. The summed E-state index contributed by atoms with van der Waals surface area (Å²) in [5, 5.41) is 0.773. The second-order valence-electron chi connectivity index (χ2n) is 4.14. The molecule has 0 radical (unpaired) electrons. The second kappa shape index (κ2) is 4.49. The quantitative estimate of drug-likeness (QED) is 0.657. The van der Waals surface area contributed by atoms with Crippen molar-refractivity contribution in [2.75, 3.05) is 0 Å². The smallest absolute Gasteiger partial charge is 0.263 e. The molecule has 1 aromatic carbocycles. The van der Waals surface area contributed by atoms with Crippen LogP contribution in [0.1, 0.15) is 20.7 Å². The molecule has 0 saturated carbocycles. The molecule has 4 heteroatoms. The Morgan fingerprint density at radius 1 is 1.16 bits per heavy atom. The Balaban J connectivity index is 2.21. The molecule has 3 aromatic rings. The van der Waals surface area contributed by atoms with Gasteiger partial charge in [-0.15, -0.1) is 0 Å². The van der Waals surface area contributed by atoms with E-state index in [1.807, 2.05) is 24.3 Å². The van der Waals surface area contributed by atoms with Crippen molar-refractivity contribution >= 4 is 23.1 Å². The summed E-state index contributed by atoms with van der Waals surface area (Å²) in [6, 6.07) is 10.7. The topological polar surface area (TPSA) is 52.0 Å². The van der Waals surface area contributed by atoms with Crippen molar-refractivity contribution in [1.82, 2.24) is 9.55 Å². The van der Waals surface area contributed by atoms with E-state index in [9.17, 15) is 9.59 Å². The summed E-state index contributed by atoms with van der Waals surface area (Å²) in [5.41, 5.74) is 1.71. The van der Waals surface area contributed by atoms with Gasteiger partial charge in [-0.05, 0) is 18.2 Å². The first-order chi connectivity index (χ1) is 9.31. The minimum Gasteiger partial charge on any atom is -0.298 e. The first kappa shape index (κ1) is 11.3. The van der Waals surface area contributed by atoms with Crippen molar-refractivity contribution in [2.24, 2.45) is 0 Å². The van der Waals surface area contributed by atoms with Gasteiger partial charge in [-0.25, -0.2) is 0 Å². The molecule has 3 rings (SSSR count). The molecule has 0 N–H and O–H groups in total. The average Bonchev–Trinajstić information content (AvgIpc) is 2.86. The largest absolute Gasteiger partial charge is 0.298 e. The number of fused-ring (bicyclic) bond motifs is 1. The molecule has 0 atom stereocenters. The molecule has 0 aliphatic heterocycles. The van der Waals surface area contributed by atoms with Gasteiger partial charge in [0, 0.05) is 29.5 Å². The van der Waals surface area contributed by atoms with Crippen LogP contribution in [-0.2, 0) is 0 Å². The van der Waals surface area contributed by atoms with E-state index < -0.39 is 0 Å². The second-order valence-corrected chi connectivity index (χ2v) is 4.14. The predicted octanol–water partition coefficient (Wildman–Crippen LogP) is 2.54. The predicted molar refractivity (Wildman–Crippen MR) is 71.3 cm³/mol. The van der Waals surface area contributed by atoms with Gasteiger partial charge < -0.3 is 0 Å². The first-order valence-corrected chi connectivity index (χ1v) is 5.81. The van der Waals surface area contributed by atoms with Crippen molar-refractivity contribution in [3.05, 3.63) is 66.1 Å². The van der Waals surface area contributed by atoms with Gasteiger partial charge in [0.1, 0.15) is 0 Å².